The number of carbonyl (C=O) groups is 3. The molecule has 8 nitrogen and oxygen atoms in total. The number of para-hydroxylation sites is 1. The van der Waals surface area contributed by atoms with E-state index in [1.54, 1.807) is 23.1 Å². The lowest BCUT2D eigenvalue weighted by Gasteiger charge is -2.32. The second kappa shape index (κ2) is 10.5. The second-order valence-electron chi connectivity index (χ2n) is 8.01. The Morgan fingerprint density at radius 1 is 1.09 bits per heavy atom. The first-order valence-corrected chi connectivity index (χ1v) is 11.2. The minimum Gasteiger partial charge on any atom is -0.485 e. The summed E-state index contributed by atoms with van der Waals surface area (Å²) in [5.41, 5.74) is 1.87. The topological polar surface area (TPSA) is 85.4 Å². The maximum atomic E-state index is 12.9. The first-order chi connectivity index (χ1) is 16.1. The lowest BCUT2D eigenvalue weighted by atomic mass is 10.1. The highest BCUT2D eigenvalue weighted by Crippen LogP contribution is 2.33. The largest absolute Gasteiger partial charge is 0.485 e. The van der Waals surface area contributed by atoms with Crippen LogP contribution >= 0.6 is 0 Å². The van der Waals surface area contributed by atoms with E-state index in [2.05, 4.69) is 6.92 Å². The number of Topliss-reactive ketones (excluding diaryl/α,β-unsaturated/α-hetero) is 1. The summed E-state index contributed by atoms with van der Waals surface area (Å²) in [7, 11) is 0. The van der Waals surface area contributed by atoms with E-state index in [9.17, 15) is 14.4 Å². The first kappa shape index (κ1) is 22.8. The zero-order valence-corrected chi connectivity index (χ0v) is 18.7. The Morgan fingerprint density at radius 3 is 2.67 bits per heavy atom. The number of carbonyl (C=O) groups excluding carboxylic acids is 3. The van der Waals surface area contributed by atoms with E-state index in [1.807, 2.05) is 24.3 Å². The summed E-state index contributed by atoms with van der Waals surface area (Å²) >= 11 is 0. The normalized spacial score (nSPS) is 15.6. The molecule has 1 saturated heterocycles. The smallest absolute Gasteiger partial charge is 0.265 e. The number of anilines is 1. The predicted octanol–water partition coefficient (Wildman–Crippen LogP) is 2.49. The summed E-state index contributed by atoms with van der Waals surface area (Å²) in [6.45, 7) is 3.69. The molecule has 33 heavy (non-hydrogen) atoms. The number of amides is 2. The second-order valence-corrected chi connectivity index (χ2v) is 8.01. The van der Waals surface area contributed by atoms with Crippen molar-refractivity contribution in [2.45, 2.75) is 19.8 Å². The summed E-state index contributed by atoms with van der Waals surface area (Å²) in [5.74, 6) is 0.462. The molecule has 0 atom stereocenters. The number of morpholine rings is 1. The number of rotatable bonds is 8. The van der Waals surface area contributed by atoms with Gasteiger partial charge in [-0.3, -0.25) is 19.3 Å². The zero-order valence-electron chi connectivity index (χ0n) is 18.7. The number of hydrogen-bond donors (Lipinski definition) is 0. The van der Waals surface area contributed by atoms with Crippen LogP contribution in [-0.2, 0) is 20.7 Å². The molecule has 0 saturated carbocycles. The van der Waals surface area contributed by atoms with Gasteiger partial charge < -0.3 is 19.1 Å². The van der Waals surface area contributed by atoms with E-state index in [1.165, 1.54) is 4.90 Å². The van der Waals surface area contributed by atoms with Gasteiger partial charge in [-0.05, 0) is 36.2 Å². The summed E-state index contributed by atoms with van der Waals surface area (Å²) in [5, 5.41) is 0. The Morgan fingerprint density at radius 2 is 1.88 bits per heavy atom. The van der Waals surface area contributed by atoms with Gasteiger partial charge in [0.1, 0.15) is 18.0 Å². The van der Waals surface area contributed by atoms with E-state index >= 15 is 0 Å². The monoisotopic (exact) mass is 452 g/mol. The summed E-state index contributed by atoms with van der Waals surface area (Å²) in [4.78, 5) is 41.2. The van der Waals surface area contributed by atoms with E-state index in [-0.39, 0.29) is 37.4 Å². The number of hydrogen-bond acceptors (Lipinski definition) is 6. The Labute approximate surface area is 193 Å². The van der Waals surface area contributed by atoms with Crippen molar-refractivity contribution >= 4 is 23.3 Å². The predicted molar refractivity (Wildman–Crippen MR) is 122 cm³/mol. The van der Waals surface area contributed by atoms with Crippen LogP contribution in [0.5, 0.6) is 11.5 Å². The van der Waals surface area contributed by atoms with Gasteiger partial charge in [0.2, 0.25) is 5.91 Å². The molecule has 8 heteroatoms. The molecule has 2 heterocycles. The van der Waals surface area contributed by atoms with Crippen LogP contribution in [0.4, 0.5) is 5.69 Å². The molecule has 0 N–H and O–H groups in total. The molecule has 0 bridgehead atoms. The van der Waals surface area contributed by atoms with Gasteiger partial charge in [0, 0.05) is 18.7 Å². The Kier molecular flexibility index (Phi) is 7.24. The molecule has 2 aromatic rings. The van der Waals surface area contributed by atoms with Gasteiger partial charge in [-0.1, -0.05) is 31.5 Å². The molecule has 0 aliphatic carbocycles. The van der Waals surface area contributed by atoms with Crippen molar-refractivity contribution in [2.24, 2.45) is 0 Å². The number of nitrogens with zero attached hydrogens (tertiary/aromatic N) is 2. The van der Waals surface area contributed by atoms with Crippen molar-refractivity contribution in [3.05, 3.63) is 53.6 Å². The Balaban J connectivity index is 1.48. The third-order valence-corrected chi connectivity index (χ3v) is 5.73. The molecule has 0 aromatic heterocycles. The van der Waals surface area contributed by atoms with Gasteiger partial charge in [0.15, 0.2) is 19.0 Å². The van der Waals surface area contributed by atoms with Crippen LogP contribution in [-0.4, -0.2) is 68.6 Å². The van der Waals surface area contributed by atoms with Gasteiger partial charge >= 0.3 is 0 Å². The number of fused-ring (bicyclic) bond motifs is 1. The lowest BCUT2D eigenvalue weighted by Crippen LogP contribution is -2.49. The van der Waals surface area contributed by atoms with Crippen molar-refractivity contribution < 1.29 is 28.6 Å². The minimum absolute atomic E-state index is 0.103. The van der Waals surface area contributed by atoms with Crippen LogP contribution in [0.3, 0.4) is 0 Å². The molecule has 0 radical (unpaired) electrons. The zero-order chi connectivity index (χ0) is 23.2. The van der Waals surface area contributed by atoms with Gasteiger partial charge in [-0.15, -0.1) is 0 Å². The average Bonchev–Trinajstić information content (AvgIpc) is 2.85. The van der Waals surface area contributed by atoms with Gasteiger partial charge in [0.25, 0.3) is 5.91 Å². The molecule has 4 rings (SSSR count). The van der Waals surface area contributed by atoms with Crippen LogP contribution in [0, 0.1) is 0 Å². The third kappa shape index (κ3) is 5.34. The van der Waals surface area contributed by atoms with Crippen LogP contribution in [0.1, 0.15) is 29.3 Å². The summed E-state index contributed by atoms with van der Waals surface area (Å²) in [6.07, 6.45) is 1.85. The van der Waals surface area contributed by atoms with Crippen molar-refractivity contribution in [1.82, 2.24) is 4.90 Å². The number of benzene rings is 2. The molecule has 2 aliphatic heterocycles. The van der Waals surface area contributed by atoms with Crippen LogP contribution in [0.25, 0.3) is 0 Å². The number of ketones is 1. The van der Waals surface area contributed by atoms with E-state index in [4.69, 9.17) is 14.2 Å². The third-order valence-electron chi connectivity index (χ3n) is 5.73. The van der Waals surface area contributed by atoms with E-state index in [0.29, 0.717) is 49.1 Å². The van der Waals surface area contributed by atoms with Crippen LogP contribution in [0.15, 0.2) is 42.5 Å². The quantitative estimate of drug-likeness (QED) is 0.572. The standard InChI is InChI=1S/C25H28N2O6/c1-2-5-18-6-3-4-7-22(18)32-16-21(28)19-8-9-23-20(14-19)27(25(30)17-33-23)15-24(29)26-10-12-31-13-11-26/h3-4,6-9,14H,2,5,10-13,15-17H2,1H3. The van der Waals surface area contributed by atoms with Crippen LogP contribution < -0.4 is 14.4 Å². The molecule has 2 amide bonds. The SMILES string of the molecule is CCCc1ccccc1OCC(=O)c1ccc2c(c1)N(CC(=O)N1CCOCC1)C(=O)CO2. The van der Waals surface area contributed by atoms with Gasteiger partial charge in [-0.2, -0.15) is 0 Å². The fourth-order valence-electron chi connectivity index (χ4n) is 3.94. The van der Waals surface area contributed by atoms with Crippen molar-refractivity contribution in [2.75, 3.05) is 51.0 Å². The van der Waals surface area contributed by atoms with Gasteiger partial charge in [0.05, 0.1) is 18.9 Å². The average molecular weight is 453 g/mol. The molecule has 0 spiro atoms. The number of aryl methyl sites for hydroxylation is 1. The molecule has 174 valence electrons. The molecular formula is C25H28N2O6. The highest BCUT2D eigenvalue weighted by Gasteiger charge is 2.30. The van der Waals surface area contributed by atoms with Crippen molar-refractivity contribution in [1.29, 1.82) is 0 Å². The van der Waals surface area contributed by atoms with Gasteiger partial charge in [-0.25, -0.2) is 0 Å². The summed E-state index contributed by atoms with van der Waals surface area (Å²) in [6, 6.07) is 12.6. The molecular weight excluding hydrogens is 424 g/mol. The highest BCUT2D eigenvalue weighted by molar-refractivity contribution is 6.04. The fraction of sp³-hybridized carbons (Fsp3) is 0.400. The molecule has 2 aliphatic rings. The minimum atomic E-state index is -0.321. The lowest BCUT2D eigenvalue weighted by molar-refractivity contribution is -0.135. The van der Waals surface area contributed by atoms with Crippen LogP contribution in [0.2, 0.25) is 0 Å². The van der Waals surface area contributed by atoms with Crippen molar-refractivity contribution in [3.63, 3.8) is 0 Å². The Hall–Kier alpha value is -3.39. The number of ether oxygens (including phenoxy) is 3. The van der Waals surface area contributed by atoms with E-state index in [0.717, 1.165) is 18.4 Å². The first-order valence-electron chi connectivity index (χ1n) is 11.2. The molecule has 2 aromatic carbocycles. The maximum Gasteiger partial charge on any atom is 0.265 e. The maximum absolute atomic E-state index is 12.9. The summed E-state index contributed by atoms with van der Waals surface area (Å²) < 4.78 is 16.6. The molecule has 1 fully saturated rings. The molecule has 0 unspecified atom stereocenters. The highest BCUT2D eigenvalue weighted by atomic mass is 16.5. The van der Waals surface area contributed by atoms with E-state index < -0.39 is 0 Å². The van der Waals surface area contributed by atoms with Crippen molar-refractivity contribution in [3.8, 4) is 11.5 Å². The Bertz CT molecular complexity index is 1030. The fourth-order valence-corrected chi connectivity index (χ4v) is 3.94.